The summed E-state index contributed by atoms with van der Waals surface area (Å²) in [5.41, 5.74) is 17.7. The van der Waals surface area contributed by atoms with Gasteiger partial charge in [0.1, 0.15) is 0 Å². The van der Waals surface area contributed by atoms with Crippen molar-refractivity contribution < 1.29 is 49.0 Å². The number of hydrogen-bond acceptors (Lipinski definition) is 0. The molecule has 5 atom stereocenters. The third kappa shape index (κ3) is 7.94. The minimum atomic E-state index is 0. The second-order valence-corrected chi connectivity index (χ2v) is 15.9. The predicted octanol–water partition coefficient (Wildman–Crippen LogP) is 6.89. The van der Waals surface area contributed by atoms with E-state index in [0.717, 1.165) is 6.42 Å². The molecule has 3 aliphatic carbocycles. The van der Waals surface area contributed by atoms with Gasteiger partial charge in [-0.1, -0.05) is 137 Å². The summed E-state index contributed by atoms with van der Waals surface area (Å²) in [6.07, 6.45) is 8.68. The molecule has 0 bridgehead atoms. The Bertz CT molecular complexity index is 2070. The van der Waals surface area contributed by atoms with Gasteiger partial charge in [-0.3, -0.25) is 6.08 Å². The zero-order valence-electron chi connectivity index (χ0n) is 32.2. The zero-order valence-corrected chi connectivity index (χ0v) is 36.2. The molecule has 0 saturated carbocycles. The molecule has 0 fully saturated rings. The Morgan fingerprint density at radius 1 is 0.731 bits per heavy atom. The third-order valence-electron chi connectivity index (χ3n) is 12.0. The van der Waals surface area contributed by atoms with Crippen molar-refractivity contribution in [3.8, 4) is 11.1 Å². The van der Waals surface area contributed by atoms with E-state index in [9.17, 15) is 0 Å². The summed E-state index contributed by atoms with van der Waals surface area (Å²) in [6, 6.07) is 32.6. The van der Waals surface area contributed by atoms with Crippen molar-refractivity contribution in [3.05, 3.63) is 165 Å². The first-order valence-electron chi connectivity index (χ1n) is 18.5. The summed E-state index contributed by atoms with van der Waals surface area (Å²) in [6.45, 7) is 21.2. The van der Waals surface area contributed by atoms with E-state index in [-0.39, 0.29) is 24.8 Å². The van der Waals surface area contributed by atoms with Crippen LogP contribution in [0.5, 0.6) is 0 Å². The molecule has 0 saturated heterocycles. The number of allylic oxidation sites excluding steroid dienone is 4. The maximum absolute atomic E-state index is 3.25. The second-order valence-electron chi connectivity index (χ2n) is 14.9. The maximum atomic E-state index is 3.25. The van der Waals surface area contributed by atoms with Gasteiger partial charge in [0.05, 0.1) is 0 Å². The monoisotopic (exact) mass is 800 g/mol. The van der Waals surface area contributed by atoms with Crippen LogP contribution in [0.2, 0.25) is 0 Å². The first kappa shape index (κ1) is 41.8. The second kappa shape index (κ2) is 17.9. The Labute approximate surface area is 341 Å². The van der Waals surface area contributed by atoms with Crippen LogP contribution >= 0.6 is 0 Å². The minimum absolute atomic E-state index is 0. The van der Waals surface area contributed by atoms with Gasteiger partial charge < -0.3 is 24.8 Å². The standard InChI is InChI=1S/C29H33.C12H11.C8H8.2ClH.Zr/c1-14-13-24-25(18(5)15(14)2)21(8)28-27-20(7)17(4)16(3)19(6)26(27)22-11-9-10-12-23(22)29(24)28;1-10-7-8-12(9-10)11-5-3-2-4-6-11;1-2-8-6-4-3-5-7-8;;;/h9-13,16-17,19,21H,1-8H3;2-6,8-10H,1H3;1,3-7H,2H2;2*1H;/q2*-1;;;;+2/p-2. The number of hydrogen-bond donors (Lipinski definition) is 0. The summed E-state index contributed by atoms with van der Waals surface area (Å²) in [5, 5.41) is 2.93. The summed E-state index contributed by atoms with van der Waals surface area (Å²) in [5.74, 6) is 4.41. The van der Waals surface area contributed by atoms with E-state index in [0.29, 0.717) is 29.6 Å². The van der Waals surface area contributed by atoms with Crippen LogP contribution < -0.4 is 24.8 Å². The van der Waals surface area contributed by atoms with Gasteiger partial charge >= 0.3 is 70.3 Å². The van der Waals surface area contributed by atoms with Crippen LogP contribution in [0.15, 0.2) is 103 Å². The number of fused-ring (bicyclic) bond motifs is 8. The Kier molecular flexibility index (Phi) is 14.4. The Morgan fingerprint density at radius 3 is 1.92 bits per heavy atom. The van der Waals surface area contributed by atoms with E-state index in [1.54, 1.807) is 28.2 Å². The quantitative estimate of drug-likeness (QED) is 0.175. The van der Waals surface area contributed by atoms with Crippen LogP contribution in [0.4, 0.5) is 0 Å². The fraction of sp³-hybridized carbons (Fsp3) is 0.306. The molecule has 52 heavy (non-hydrogen) atoms. The van der Waals surface area contributed by atoms with Crippen LogP contribution in [-0.2, 0) is 30.7 Å². The molecule has 3 heteroatoms. The summed E-state index contributed by atoms with van der Waals surface area (Å²) < 4.78 is 2.25. The summed E-state index contributed by atoms with van der Waals surface area (Å²) in [7, 11) is 0. The van der Waals surface area contributed by atoms with Gasteiger partial charge in [0.25, 0.3) is 0 Å². The Morgan fingerprint density at radius 2 is 1.33 bits per heavy atom. The molecular weight excluding hydrogens is 751 g/mol. The van der Waals surface area contributed by atoms with Gasteiger partial charge in [0, 0.05) is 0 Å². The molecule has 0 heterocycles. The normalized spacial score (nSPS) is 20.5. The Hall–Kier alpha value is -2.96. The van der Waals surface area contributed by atoms with Gasteiger partial charge in [0.2, 0.25) is 0 Å². The van der Waals surface area contributed by atoms with E-state index in [2.05, 4.69) is 163 Å². The van der Waals surface area contributed by atoms with Crippen molar-refractivity contribution >= 4 is 20.1 Å². The molecule has 0 aromatic heterocycles. The van der Waals surface area contributed by atoms with Gasteiger partial charge in [-0.05, 0) is 59.9 Å². The van der Waals surface area contributed by atoms with E-state index in [1.807, 2.05) is 12.1 Å². The van der Waals surface area contributed by atoms with E-state index < -0.39 is 0 Å². The van der Waals surface area contributed by atoms with Crippen molar-refractivity contribution in [2.75, 3.05) is 0 Å². The predicted molar refractivity (Wildman–Crippen MR) is 213 cm³/mol. The molecule has 0 amide bonds. The van der Waals surface area contributed by atoms with Crippen molar-refractivity contribution in [2.24, 2.45) is 17.8 Å². The molecule has 268 valence electrons. The van der Waals surface area contributed by atoms with Gasteiger partial charge in [-0.15, -0.1) is 16.7 Å². The first-order valence-corrected chi connectivity index (χ1v) is 19.9. The fourth-order valence-electron chi connectivity index (χ4n) is 8.57. The average Bonchev–Trinajstić information content (AvgIpc) is 3.70. The Balaban J connectivity index is 0.000000217. The molecule has 0 N–H and O–H groups in total. The van der Waals surface area contributed by atoms with Crippen LogP contribution in [0.25, 0.3) is 27.5 Å². The zero-order chi connectivity index (χ0) is 35.7. The molecular formula is C49H52Cl2Zr-2. The van der Waals surface area contributed by atoms with Gasteiger partial charge in [-0.25, -0.2) is 6.08 Å². The van der Waals surface area contributed by atoms with E-state index >= 15 is 0 Å². The molecule has 0 aliphatic heterocycles. The molecule has 5 unspecified atom stereocenters. The number of benzene rings is 5. The van der Waals surface area contributed by atoms with E-state index in [4.69, 9.17) is 0 Å². The molecule has 5 aromatic carbocycles. The third-order valence-corrected chi connectivity index (χ3v) is 12.5. The number of aryl methyl sites for hydroxylation is 1. The molecule has 0 radical (unpaired) electrons. The molecule has 8 rings (SSSR count). The SMILES string of the molecule is CC1[C-]=CC(c2ccccc2)=C1.Cc1cc2c(c(C)c1C)C(C)c1c3c(c4ccccc4c1-2)C(C)C(C)C(C)[C-]3C.[Cl-].[Cl-].[Zr+2]=[CH]Cc1ccccc1. The van der Waals surface area contributed by atoms with E-state index in [1.165, 1.54) is 79.5 Å². The topological polar surface area (TPSA) is 0 Å². The van der Waals surface area contributed by atoms with Crippen LogP contribution in [0.1, 0.15) is 103 Å². The van der Waals surface area contributed by atoms with Gasteiger partial charge in [-0.2, -0.15) is 23.1 Å². The molecule has 3 aliphatic rings. The summed E-state index contributed by atoms with van der Waals surface area (Å²) in [4.78, 5) is 0. The molecule has 0 nitrogen and oxygen atoms in total. The molecule has 0 spiro atoms. The number of halogens is 2. The fourth-order valence-corrected chi connectivity index (χ4v) is 9.14. The van der Waals surface area contributed by atoms with Crippen LogP contribution in [0.3, 0.4) is 0 Å². The summed E-state index contributed by atoms with van der Waals surface area (Å²) >= 11 is 1.51. The first-order chi connectivity index (χ1) is 24.0. The number of rotatable bonds is 3. The van der Waals surface area contributed by atoms with Crippen molar-refractivity contribution in [2.45, 2.75) is 80.6 Å². The van der Waals surface area contributed by atoms with Crippen LogP contribution in [-0.4, -0.2) is 3.71 Å². The van der Waals surface area contributed by atoms with Crippen molar-refractivity contribution in [1.29, 1.82) is 0 Å². The van der Waals surface area contributed by atoms with Crippen molar-refractivity contribution in [3.63, 3.8) is 0 Å². The van der Waals surface area contributed by atoms with Crippen molar-refractivity contribution in [1.82, 2.24) is 0 Å². The average molecular weight is 803 g/mol. The van der Waals surface area contributed by atoms with Crippen LogP contribution in [0, 0.1) is 50.5 Å². The van der Waals surface area contributed by atoms with Gasteiger partial charge in [0.15, 0.2) is 0 Å². The molecule has 5 aromatic rings.